The average Bonchev–Trinajstić information content (AvgIpc) is 3.25. The predicted molar refractivity (Wildman–Crippen MR) is 113 cm³/mol. The maximum absolute atomic E-state index is 13.2. The van der Waals surface area contributed by atoms with Crippen LogP contribution in [0.15, 0.2) is 18.6 Å². The van der Waals surface area contributed by atoms with Crippen LogP contribution < -0.4 is 10.0 Å². The van der Waals surface area contributed by atoms with Crippen molar-refractivity contribution in [2.24, 2.45) is 11.8 Å². The molecule has 4 rings (SSSR count). The van der Waals surface area contributed by atoms with E-state index < -0.39 is 18.0 Å². The molecule has 3 atom stereocenters. The fraction of sp³-hybridized carbons (Fsp3) is 0.545. The molecule has 11 heteroatoms. The maximum atomic E-state index is 13.2. The van der Waals surface area contributed by atoms with Crippen LogP contribution in [0.1, 0.15) is 67.2 Å². The Kier molecular flexibility index (Phi) is 6.30. The molecule has 2 aliphatic carbocycles. The number of nitrogens with one attached hydrogen (secondary N) is 1. The Balaban J connectivity index is 1.46. The molecule has 0 aliphatic heterocycles. The van der Waals surface area contributed by atoms with Gasteiger partial charge in [0, 0.05) is 24.3 Å². The number of carboxylic acids is 1. The number of aliphatic carboxylic acids is 1. The van der Waals surface area contributed by atoms with Gasteiger partial charge in [-0.3, -0.25) is 14.4 Å². The number of nitrogens with zero attached hydrogens (tertiary/aromatic N) is 4. The molecule has 1 amide bonds. The lowest BCUT2D eigenvalue weighted by Crippen LogP contribution is -2.42. The highest BCUT2D eigenvalue weighted by molar-refractivity contribution is 5.94. The molecule has 2 heterocycles. The summed E-state index contributed by atoms with van der Waals surface area (Å²) >= 11 is 0. The molecule has 0 bridgehead atoms. The van der Waals surface area contributed by atoms with Gasteiger partial charge in [0.15, 0.2) is 11.9 Å². The van der Waals surface area contributed by atoms with Gasteiger partial charge < -0.3 is 20.4 Å². The monoisotopic (exact) mass is 457 g/mol. The van der Waals surface area contributed by atoms with Crippen LogP contribution in [0.2, 0.25) is 0 Å². The van der Waals surface area contributed by atoms with Crippen molar-refractivity contribution in [3.63, 3.8) is 0 Å². The number of ether oxygens (including phenoxy) is 1. The first-order chi connectivity index (χ1) is 15.7. The molecule has 2 aliphatic rings. The maximum Gasteiger partial charge on any atom is 0.305 e. The Hall–Kier alpha value is -3.50. The lowest BCUT2D eigenvalue weighted by atomic mass is 10.0. The first kappa shape index (κ1) is 22.7. The van der Waals surface area contributed by atoms with Crippen molar-refractivity contribution < 1.29 is 29.0 Å². The summed E-state index contributed by atoms with van der Waals surface area (Å²) in [6.45, 7) is 3.80. The van der Waals surface area contributed by atoms with E-state index in [0.717, 1.165) is 24.1 Å². The zero-order chi connectivity index (χ0) is 23.7. The van der Waals surface area contributed by atoms with Gasteiger partial charge in [0.25, 0.3) is 5.91 Å². The number of hydrogen-bond acceptors (Lipinski definition) is 7. The summed E-state index contributed by atoms with van der Waals surface area (Å²) < 4.78 is 7.52. The third kappa shape index (κ3) is 4.96. The standard InChI is InChI=1S/C22H27N5O6/c1-12(2)16(11-33-19(30)5-3-4-18(28)29)24-22(31)20-15-9-13-8-14(13)21(15)27(25-20)17-10-26(32)7-6-23-17/h6-7,10,12-14,16H,3-5,8-9,11H2,1-2H3,(H,24,31)(H,28,29)/t13-,14-,16-/m1/s1. The van der Waals surface area contributed by atoms with Gasteiger partial charge in [-0.25, -0.2) is 9.67 Å². The summed E-state index contributed by atoms with van der Waals surface area (Å²) in [5, 5.41) is 27.8. The topological polar surface area (TPSA) is 150 Å². The Bertz CT molecular complexity index is 1080. The van der Waals surface area contributed by atoms with Gasteiger partial charge in [0.05, 0.1) is 17.9 Å². The number of rotatable bonds is 10. The fourth-order valence-electron chi connectivity index (χ4n) is 4.22. The minimum Gasteiger partial charge on any atom is -0.619 e. The quantitative estimate of drug-likeness (QED) is 0.306. The minimum atomic E-state index is -0.963. The van der Waals surface area contributed by atoms with E-state index in [4.69, 9.17) is 9.84 Å². The van der Waals surface area contributed by atoms with Gasteiger partial charge in [-0.1, -0.05) is 13.8 Å². The van der Waals surface area contributed by atoms with Gasteiger partial charge >= 0.3 is 11.9 Å². The van der Waals surface area contributed by atoms with Crippen LogP contribution in [0.4, 0.5) is 0 Å². The summed E-state index contributed by atoms with van der Waals surface area (Å²) in [5.74, 6) is -0.656. The van der Waals surface area contributed by atoms with Crippen molar-refractivity contribution in [1.82, 2.24) is 20.1 Å². The average molecular weight is 457 g/mol. The van der Waals surface area contributed by atoms with Crippen LogP contribution in [0, 0.1) is 17.0 Å². The van der Waals surface area contributed by atoms with Crippen molar-refractivity contribution >= 4 is 17.8 Å². The van der Waals surface area contributed by atoms with Crippen LogP contribution in [-0.4, -0.2) is 50.4 Å². The molecule has 0 saturated heterocycles. The van der Waals surface area contributed by atoms with Gasteiger partial charge in [-0.05, 0) is 31.1 Å². The van der Waals surface area contributed by atoms with Crippen molar-refractivity contribution in [3.8, 4) is 5.82 Å². The number of esters is 1. The smallest absolute Gasteiger partial charge is 0.305 e. The Morgan fingerprint density at radius 1 is 1.36 bits per heavy atom. The molecular formula is C22H27N5O6. The zero-order valence-electron chi connectivity index (χ0n) is 18.6. The number of fused-ring (bicyclic) bond motifs is 3. The SMILES string of the molecule is CC(C)[C@@H](COC(=O)CCCC(=O)O)NC(=O)c1nn(-c2c[n+]([O-])ccn2)c2c1C[C@H]1C[C@@H]21. The van der Waals surface area contributed by atoms with Crippen molar-refractivity contribution in [3.05, 3.63) is 40.7 Å². The highest BCUT2D eigenvalue weighted by atomic mass is 16.5. The van der Waals surface area contributed by atoms with Crippen molar-refractivity contribution in [1.29, 1.82) is 0 Å². The number of carbonyl (C=O) groups excluding carboxylic acids is 2. The van der Waals surface area contributed by atoms with E-state index in [1.54, 1.807) is 4.68 Å². The largest absolute Gasteiger partial charge is 0.619 e. The van der Waals surface area contributed by atoms with E-state index >= 15 is 0 Å². The molecule has 176 valence electrons. The summed E-state index contributed by atoms with van der Waals surface area (Å²) in [6.07, 6.45) is 5.93. The second kappa shape index (κ2) is 9.16. The van der Waals surface area contributed by atoms with Crippen molar-refractivity contribution in [2.75, 3.05) is 6.61 Å². The first-order valence-electron chi connectivity index (χ1n) is 11.1. The molecule has 2 aromatic heterocycles. The van der Waals surface area contributed by atoms with Crippen molar-refractivity contribution in [2.45, 2.75) is 57.9 Å². The van der Waals surface area contributed by atoms with E-state index in [1.807, 2.05) is 13.8 Å². The molecule has 1 fully saturated rings. The third-order valence-electron chi connectivity index (χ3n) is 6.18. The molecule has 0 unspecified atom stereocenters. The van der Waals surface area contributed by atoms with Crippen LogP contribution >= 0.6 is 0 Å². The van der Waals surface area contributed by atoms with Gasteiger partial charge in [0.1, 0.15) is 6.61 Å². The van der Waals surface area contributed by atoms with E-state index in [0.29, 0.717) is 28.1 Å². The normalized spacial score (nSPS) is 19.0. The zero-order valence-corrected chi connectivity index (χ0v) is 18.6. The minimum absolute atomic E-state index is 0.00947. The first-order valence-corrected chi connectivity index (χ1v) is 11.1. The molecule has 0 radical (unpaired) electrons. The number of aromatic nitrogens is 4. The molecule has 2 aromatic rings. The lowest BCUT2D eigenvalue weighted by molar-refractivity contribution is -0.605. The molecule has 0 aromatic carbocycles. The Labute approximate surface area is 190 Å². The molecule has 1 saturated carbocycles. The number of carboxylic acid groups (broad SMARTS) is 1. The molecule has 33 heavy (non-hydrogen) atoms. The van der Waals surface area contributed by atoms with E-state index in [9.17, 15) is 19.6 Å². The highest BCUT2D eigenvalue weighted by Gasteiger charge is 2.50. The number of carbonyl (C=O) groups is 3. The second-order valence-electron chi connectivity index (χ2n) is 8.96. The number of hydrogen-bond donors (Lipinski definition) is 2. The van der Waals surface area contributed by atoms with Gasteiger partial charge in [0.2, 0.25) is 12.0 Å². The summed E-state index contributed by atoms with van der Waals surface area (Å²) in [6, 6.07) is -0.434. The fourth-order valence-corrected chi connectivity index (χ4v) is 4.22. The van der Waals surface area contributed by atoms with E-state index in [1.165, 1.54) is 18.6 Å². The summed E-state index contributed by atoms with van der Waals surface area (Å²) in [5.41, 5.74) is 2.12. The second-order valence-corrected chi connectivity index (χ2v) is 8.96. The molecule has 11 nitrogen and oxygen atoms in total. The van der Waals surface area contributed by atoms with E-state index in [2.05, 4.69) is 15.4 Å². The van der Waals surface area contributed by atoms with Gasteiger partial charge in [-0.15, -0.1) is 0 Å². The summed E-state index contributed by atoms with van der Waals surface area (Å²) in [4.78, 5) is 39.9. The third-order valence-corrected chi connectivity index (χ3v) is 6.18. The van der Waals surface area contributed by atoms with Gasteiger partial charge in [-0.2, -0.15) is 9.83 Å². The van der Waals surface area contributed by atoms with Crippen LogP contribution in [-0.2, 0) is 20.7 Å². The molecular weight excluding hydrogens is 430 g/mol. The summed E-state index contributed by atoms with van der Waals surface area (Å²) in [7, 11) is 0. The Morgan fingerprint density at radius 2 is 2.15 bits per heavy atom. The molecule has 0 spiro atoms. The highest BCUT2D eigenvalue weighted by Crippen LogP contribution is 2.57. The lowest BCUT2D eigenvalue weighted by Gasteiger charge is -2.22. The predicted octanol–water partition coefficient (Wildman–Crippen LogP) is 1.11. The molecule has 2 N–H and O–H groups in total. The Morgan fingerprint density at radius 3 is 2.85 bits per heavy atom. The number of amides is 1. The van der Waals surface area contributed by atoms with Crippen LogP contribution in [0.5, 0.6) is 0 Å². The van der Waals surface area contributed by atoms with Crippen LogP contribution in [0.25, 0.3) is 5.82 Å². The van der Waals surface area contributed by atoms with Crippen LogP contribution in [0.3, 0.4) is 0 Å². The van der Waals surface area contributed by atoms with E-state index in [-0.39, 0.29) is 37.7 Å².